The highest BCUT2D eigenvalue weighted by Crippen LogP contribution is 2.37. The average Bonchev–Trinajstić information content (AvgIpc) is 3.20. The van der Waals surface area contributed by atoms with Crippen LogP contribution in [-0.4, -0.2) is 0 Å². The predicted octanol–water partition coefficient (Wildman–Crippen LogP) is 18.5. The van der Waals surface area contributed by atoms with Gasteiger partial charge in [-0.15, -0.1) is 0 Å². The van der Waals surface area contributed by atoms with Crippen LogP contribution in [0.3, 0.4) is 0 Å². The molecule has 0 fully saturated rings. The van der Waals surface area contributed by atoms with Gasteiger partial charge in [0, 0.05) is 0 Å². The summed E-state index contributed by atoms with van der Waals surface area (Å²) in [6.45, 7) is 29.1. The third kappa shape index (κ3) is 15.3. The van der Waals surface area contributed by atoms with Gasteiger partial charge in [0.2, 0.25) is 0 Å². The Bertz CT molecular complexity index is 1420. The van der Waals surface area contributed by atoms with E-state index in [9.17, 15) is 0 Å². The first kappa shape index (κ1) is 49.5. The summed E-state index contributed by atoms with van der Waals surface area (Å²) in [6.07, 6.45) is 36.4. The van der Waals surface area contributed by atoms with Crippen LogP contribution < -0.4 is 0 Å². The molecule has 0 aliphatic heterocycles. The van der Waals surface area contributed by atoms with E-state index in [1.54, 1.807) is 0 Å². The monoisotopic (exact) mass is 811 g/mol. The maximum absolute atomic E-state index is 2.44. The molecule has 0 atom stereocenters. The van der Waals surface area contributed by atoms with Crippen molar-refractivity contribution < 1.29 is 0 Å². The molecule has 0 heteroatoms. The molecule has 0 radical (unpaired) electrons. The van der Waals surface area contributed by atoms with Crippen LogP contribution in [0.25, 0.3) is 0 Å². The Morgan fingerprint density at radius 2 is 0.333 bits per heavy atom. The van der Waals surface area contributed by atoms with Crippen molar-refractivity contribution in [1.82, 2.24) is 0 Å². The van der Waals surface area contributed by atoms with Crippen LogP contribution in [0.1, 0.15) is 232 Å². The highest BCUT2D eigenvalue weighted by atomic mass is 14.3. The Morgan fingerprint density at radius 1 is 0.217 bits per heavy atom. The van der Waals surface area contributed by atoms with Gasteiger partial charge >= 0.3 is 0 Å². The highest BCUT2D eigenvalue weighted by molar-refractivity contribution is 5.34. The summed E-state index contributed by atoms with van der Waals surface area (Å²) in [4.78, 5) is 0. The van der Waals surface area contributed by atoms with Crippen molar-refractivity contribution in [2.45, 2.75) is 231 Å². The van der Waals surface area contributed by atoms with Gasteiger partial charge in [-0.05, 0) is 181 Å². The van der Waals surface area contributed by atoms with Crippen LogP contribution in [0.5, 0.6) is 0 Å². The topological polar surface area (TPSA) is 0 Å². The van der Waals surface area contributed by atoms with Gasteiger partial charge < -0.3 is 0 Å². The SMILES string of the molecule is CC1(C)CCCC=CCCCC(C)(C)c2ccc(cc2)C(C)(C)CCCC=CCCCC(C)(C)c2ccc(cc2)C(C)(C)CCCC=CCCCC(C)(C)c2ccc1cc2. The summed E-state index contributed by atoms with van der Waals surface area (Å²) >= 11 is 0. The summed E-state index contributed by atoms with van der Waals surface area (Å²) in [5.74, 6) is 0. The summed E-state index contributed by atoms with van der Waals surface area (Å²) in [6, 6.07) is 29.0. The Kier molecular flexibility index (Phi) is 18.4. The highest BCUT2D eigenvalue weighted by Gasteiger charge is 2.26. The molecule has 6 bridgehead atoms. The van der Waals surface area contributed by atoms with Crippen molar-refractivity contribution in [2.24, 2.45) is 0 Å². The number of fused-ring (bicyclic) bond motifs is 3. The molecule has 3 aromatic carbocycles. The molecular formula is C60H90. The van der Waals surface area contributed by atoms with Crippen LogP contribution >= 0.6 is 0 Å². The van der Waals surface area contributed by atoms with Crippen molar-refractivity contribution in [3.05, 3.63) is 143 Å². The Hall–Kier alpha value is -3.12. The third-order valence-electron chi connectivity index (χ3n) is 14.9. The lowest BCUT2D eigenvalue weighted by Crippen LogP contribution is -2.20. The van der Waals surface area contributed by atoms with Crippen molar-refractivity contribution in [3.8, 4) is 0 Å². The van der Waals surface area contributed by atoms with Crippen LogP contribution in [0.2, 0.25) is 0 Å². The first-order chi connectivity index (χ1) is 28.3. The largest absolute Gasteiger partial charge is 0.0885 e. The maximum atomic E-state index is 2.44. The molecule has 0 saturated heterocycles. The molecule has 0 heterocycles. The number of hydrogen-bond donors (Lipinski definition) is 0. The Morgan fingerprint density at radius 3 is 0.450 bits per heavy atom. The van der Waals surface area contributed by atoms with E-state index in [0.29, 0.717) is 0 Å². The lowest BCUT2D eigenvalue weighted by atomic mass is 9.76. The second kappa shape index (κ2) is 22.3. The van der Waals surface area contributed by atoms with Crippen molar-refractivity contribution in [1.29, 1.82) is 0 Å². The first-order valence-corrected chi connectivity index (χ1v) is 24.5. The van der Waals surface area contributed by atoms with Gasteiger partial charge in [-0.1, -0.05) is 192 Å². The molecule has 0 spiro atoms. The van der Waals surface area contributed by atoms with Crippen LogP contribution in [0.15, 0.2) is 109 Å². The smallest absolute Gasteiger partial charge is 0.0103 e. The number of rotatable bonds is 0. The minimum Gasteiger partial charge on any atom is -0.0885 e. The molecule has 0 N–H and O–H groups in total. The van der Waals surface area contributed by atoms with E-state index in [1.807, 2.05) is 0 Å². The number of benzene rings is 3. The van der Waals surface area contributed by atoms with Crippen molar-refractivity contribution in [3.63, 3.8) is 0 Å². The standard InChI is InChI=1S/C60H90/c1-55(2)43-25-19-13-14-20-26-45-57(5,6)51-35-37-52(38-36-51)59(9,10)47-29-23-17-18-24-30-48-60(11,12)54-41-39-53(40-42-54)58(7,8)46-28-22-16-15-21-27-44-56(3,4)50-33-31-49(55)32-34-50/h13-18,31-42H,19-30,43-48H2,1-12H3. The van der Waals surface area contributed by atoms with E-state index in [4.69, 9.17) is 0 Å². The fraction of sp³-hybridized carbons (Fsp3) is 0.600. The molecule has 7 rings (SSSR count). The summed E-state index contributed by atoms with van der Waals surface area (Å²) in [5.41, 5.74) is 9.98. The Labute approximate surface area is 372 Å². The summed E-state index contributed by atoms with van der Waals surface area (Å²) < 4.78 is 0. The molecule has 60 heavy (non-hydrogen) atoms. The van der Waals surface area contributed by atoms with E-state index in [2.05, 4.69) is 192 Å². The van der Waals surface area contributed by atoms with Crippen LogP contribution in [-0.2, 0) is 32.5 Å². The van der Waals surface area contributed by atoms with E-state index < -0.39 is 0 Å². The summed E-state index contributed by atoms with van der Waals surface area (Å²) in [5, 5.41) is 0. The predicted molar refractivity (Wildman–Crippen MR) is 268 cm³/mol. The zero-order valence-electron chi connectivity index (χ0n) is 41.1. The van der Waals surface area contributed by atoms with Gasteiger partial charge in [0.05, 0.1) is 0 Å². The molecule has 4 aliphatic rings. The van der Waals surface area contributed by atoms with Gasteiger partial charge in [0.15, 0.2) is 0 Å². The van der Waals surface area contributed by atoms with Gasteiger partial charge in [-0.2, -0.15) is 0 Å². The number of allylic oxidation sites excluding steroid dienone is 6. The van der Waals surface area contributed by atoms with Gasteiger partial charge in [0.25, 0.3) is 0 Å². The van der Waals surface area contributed by atoms with E-state index in [0.717, 1.165) is 0 Å². The second-order valence-corrected chi connectivity index (χ2v) is 22.8. The molecule has 0 saturated carbocycles. The fourth-order valence-corrected chi connectivity index (χ4v) is 9.66. The minimum atomic E-state index is 0.191. The molecule has 0 aromatic heterocycles. The van der Waals surface area contributed by atoms with Gasteiger partial charge in [0.1, 0.15) is 0 Å². The maximum Gasteiger partial charge on any atom is -0.0103 e. The lowest BCUT2D eigenvalue weighted by molar-refractivity contribution is 0.452. The lowest BCUT2D eigenvalue weighted by Gasteiger charge is -2.29. The number of hydrogen-bond acceptors (Lipinski definition) is 0. The van der Waals surface area contributed by atoms with Crippen LogP contribution in [0, 0.1) is 0 Å². The molecular weight excluding hydrogens is 721 g/mol. The van der Waals surface area contributed by atoms with Gasteiger partial charge in [-0.25, -0.2) is 0 Å². The van der Waals surface area contributed by atoms with Crippen LogP contribution in [0.4, 0.5) is 0 Å². The van der Waals surface area contributed by atoms with E-state index in [-0.39, 0.29) is 32.5 Å². The van der Waals surface area contributed by atoms with Gasteiger partial charge in [-0.3, -0.25) is 0 Å². The zero-order chi connectivity index (χ0) is 43.9. The molecule has 330 valence electrons. The molecule has 3 aromatic rings. The zero-order valence-corrected chi connectivity index (χ0v) is 41.1. The fourth-order valence-electron chi connectivity index (χ4n) is 9.66. The minimum absolute atomic E-state index is 0.191. The average molecular weight is 811 g/mol. The third-order valence-corrected chi connectivity index (χ3v) is 14.9. The normalized spacial score (nSPS) is 22.4. The first-order valence-electron chi connectivity index (χ1n) is 24.5. The van der Waals surface area contributed by atoms with E-state index in [1.165, 1.54) is 149 Å². The molecule has 4 aliphatic carbocycles. The second-order valence-electron chi connectivity index (χ2n) is 22.8. The molecule has 0 nitrogen and oxygen atoms in total. The Balaban J connectivity index is 1.38. The molecule has 0 unspecified atom stereocenters. The van der Waals surface area contributed by atoms with Crippen molar-refractivity contribution >= 4 is 0 Å². The van der Waals surface area contributed by atoms with Crippen molar-refractivity contribution in [2.75, 3.05) is 0 Å². The molecule has 0 amide bonds. The summed E-state index contributed by atoms with van der Waals surface area (Å²) in [7, 11) is 0. The quantitative estimate of drug-likeness (QED) is 0.198. The van der Waals surface area contributed by atoms with E-state index >= 15 is 0 Å².